The lowest BCUT2D eigenvalue weighted by Crippen LogP contribution is -2.11. The minimum absolute atomic E-state index is 0.00276. The molecule has 7 nitrogen and oxygen atoms in total. The first-order valence-corrected chi connectivity index (χ1v) is 6.61. The Hall–Kier alpha value is -3.22. The van der Waals surface area contributed by atoms with Gasteiger partial charge >= 0.3 is 0 Å². The summed E-state index contributed by atoms with van der Waals surface area (Å²) in [5.41, 5.74) is -0.615. The molecule has 0 bridgehead atoms. The number of methoxy groups -OCH3 is 1. The standard InChI is InChI=1S/C16H13NO6/c1-23-10-6-7-11(13(8-10)17(21)22)15(19)9-16(20)12-4-2-3-5-14(12)18/h2-8,18H,9H2,1H3. The highest BCUT2D eigenvalue weighted by molar-refractivity contribution is 6.15. The van der Waals surface area contributed by atoms with E-state index in [0.29, 0.717) is 0 Å². The van der Waals surface area contributed by atoms with Crippen LogP contribution in [0.1, 0.15) is 27.1 Å². The molecule has 0 aromatic heterocycles. The Labute approximate surface area is 131 Å². The van der Waals surface area contributed by atoms with Gasteiger partial charge in [-0.1, -0.05) is 12.1 Å². The third-order valence-electron chi connectivity index (χ3n) is 3.23. The molecule has 2 aromatic rings. The van der Waals surface area contributed by atoms with Crippen LogP contribution in [-0.4, -0.2) is 28.7 Å². The highest BCUT2D eigenvalue weighted by atomic mass is 16.6. The van der Waals surface area contributed by atoms with Gasteiger partial charge in [0.1, 0.15) is 11.5 Å². The fourth-order valence-corrected chi connectivity index (χ4v) is 2.07. The number of para-hydroxylation sites is 1. The highest BCUT2D eigenvalue weighted by Gasteiger charge is 2.24. The number of carbonyl (C=O) groups excluding carboxylic acids is 2. The first-order valence-electron chi connectivity index (χ1n) is 6.61. The third-order valence-corrected chi connectivity index (χ3v) is 3.23. The van der Waals surface area contributed by atoms with Crippen LogP contribution in [-0.2, 0) is 0 Å². The number of phenolic OH excluding ortho intramolecular Hbond substituents is 1. The number of ketones is 2. The van der Waals surface area contributed by atoms with E-state index in [0.717, 1.165) is 6.07 Å². The minimum Gasteiger partial charge on any atom is -0.507 e. The summed E-state index contributed by atoms with van der Waals surface area (Å²) in [7, 11) is 1.35. The second-order valence-corrected chi connectivity index (χ2v) is 4.68. The van der Waals surface area contributed by atoms with Gasteiger partial charge in [0.05, 0.1) is 35.6 Å². The van der Waals surface area contributed by atoms with Crippen molar-refractivity contribution in [2.75, 3.05) is 7.11 Å². The minimum atomic E-state index is -0.708. The number of rotatable bonds is 6. The zero-order chi connectivity index (χ0) is 17.0. The zero-order valence-corrected chi connectivity index (χ0v) is 12.2. The van der Waals surface area contributed by atoms with E-state index in [1.54, 1.807) is 12.1 Å². The molecule has 0 aliphatic heterocycles. The lowest BCUT2D eigenvalue weighted by atomic mass is 9.99. The van der Waals surface area contributed by atoms with Crippen LogP contribution in [0.25, 0.3) is 0 Å². The fraction of sp³-hybridized carbons (Fsp3) is 0.125. The normalized spacial score (nSPS) is 10.1. The lowest BCUT2D eigenvalue weighted by molar-refractivity contribution is -0.385. The summed E-state index contributed by atoms with van der Waals surface area (Å²) in [4.78, 5) is 34.7. The monoisotopic (exact) mass is 315 g/mol. The molecular weight excluding hydrogens is 302 g/mol. The van der Waals surface area contributed by atoms with Crippen molar-refractivity contribution in [2.45, 2.75) is 6.42 Å². The maximum Gasteiger partial charge on any atom is 0.283 e. The van der Waals surface area contributed by atoms with Crippen molar-refractivity contribution in [1.29, 1.82) is 0 Å². The van der Waals surface area contributed by atoms with Crippen molar-refractivity contribution in [2.24, 2.45) is 0 Å². The summed E-state index contributed by atoms with van der Waals surface area (Å²) < 4.78 is 4.89. The van der Waals surface area contributed by atoms with Gasteiger partial charge < -0.3 is 9.84 Å². The van der Waals surface area contributed by atoms with Crippen molar-refractivity contribution in [3.8, 4) is 11.5 Å². The number of nitrogens with zero attached hydrogens (tertiary/aromatic N) is 1. The Morgan fingerprint density at radius 3 is 2.39 bits per heavy atom. The predicted molar refractivity (Wildman–Crippen MR) is 81.0 cm³/mol. The average molecular weight is 315 g/mol. The Bertz CT molecular complexity index is 784. The van der Waals surface area contributed by atoms with E-state index in [1.165, 1.54) is 31.4 Å². The molecule has 0 atom stereocenters. The number of nitro groups is 1. The fourth-order valence-electron chi connectivity index (χ4n) is 2.07. The van der Waals surface area contributed by atoms with Gasteiger partial charge in [0.15, 0.2) is 11.6 Å². The van der Waals surface area contributed by atoms with Gasteiger partial charge in [0, 0.05) is 0 Å². The molecule has 0 heterocycles. The first-order chi connectivity index (χ1) is 10.9. The topological polar surface area (TPSA) is 107 Å². The molecule has 0 radical (unpaired) electrons. The van der Waals surface area contributed by atoms with Gasteiger partial charge in [-0.3, -0.25) is 19.7 Å². The SMILES string of the molecule is COc1ccc(C(=O)CC(=O)c2ccccc2O)c([N+](=O)[O-])c1. The van der Waals surface area contributed by atoms with Gasteiger partial charge in [-0.15, -0.1) is 0 Å². The van der Waals surface area contributed by atoms with Crippen LogP contribution in [0.4, 0.5) is 5.69 Å². The molecule has 0 fully saturated rings. The van der Waals surface area contributed by atoms with Crippen LogP contribution in [0, 0.1) is 10.1 Å². The van der Waals surface area contributed by atoms with Gasteiger partial charge in [-0.25, -0.2) is 0 Å². The molecule has 0 unspecified atom stereocenters. The molecule has 0 aliphatic carbocycles. The van der Waals surface area contributed by atoms with Crippen LogP contribution < -0.4 is 4.74 Å². The number of phenols is 1. The lowest BCUT2D eigenvalue weighted by Gasteiger charge is -2.06. The molecule has 2 rings (SSSR count). The maximum atomic E-state index is 12.2. The molecule has 1 N–H and O–H groups in total. The molecule has 2 aromatic carbocycles. The Balaban J connectivity index is 2.29. The molecule has 0 amide bonds. The first kappa shape index (κ1) is 16.2. The van der Waals surface area contributed by atoms with E-state index < -0.39 is 28.6 Å². The Morgan fingerprint density at radius 2 is 1.78 bits per heavy atom. The van der Waals surface area contributed by atoms with Crippen molar-refractivity contribution < 1.29 is 24.4 Å². The van der Waals surface area contributed by atoms with Gasteiger partial charge in [0.25, 0.3) is 5.69 Å². The van der Waals surface area contributed by atoms with Gasteiger partial charge in [0.2, 0.25) is 0 Å². The number of ether oxygens (including phenoxy) is 1. The van der Waals surface area contributed by atoms with E-state index in [2.05, 4.69) is 0 Å². The summed E-state index contributed by atoms with van der Waals surface area (Å²) in [6, 6.07) is 9.58. The number of benzene rings is 2. The summed E-state index contributed by atoms with van der Waals surface area (Å²) in [5, 5.41) is 20.7. The zero-order valence-electron chi connectivity index (χ0n) is 12.2. The predicted octanol–water partition coefficient (Wildman–Crippen LogP) is 2.76. The smallest absolute Gasteiger partial charge is 0.283 e. The second kappa shape index (κ2) is 6.69. The number of hydrogen-bond donors (Lipinski definition) is 1. The highest BCUT2D eigenvalue weighted by Crippen LogP contribution is 2.26. The molecule has 0 aliphatic rings. The number of aromatic hydroxyl groups is 1. The second-order valence-electron chi connectivity index (χ2n) is 4.68. The Morgan fingerprint density at radius 1 is 1.13 bits per heavy atom. The third kappa shape index (κ3) is 3.52. The summed E-state index contributed by atoms with van der Waals surface area (Å²) >= 11 is 0. The number of Topliss-reactive ketones (excluding diaryl/α,β-unsaturated/α-hetero) is 2. The number of carbonyl (C=O) groups is 2. The van der Waals surface area contributed by atoms with Crippen LogP contribution in [0.5, 0.6) is 11.5 Å². The molecule has 23 heavy (non-hydrogen) atoms. The van der Waals surface area contributed by atoms with E-state index in [1.807, 2.05) is 0 Å². The average Bonchev–Trinajstić information content (AvgIpc) is 2.54. The van der Waals surface area contributed by atoms with Crippen LogP contribution >= 0.6 is 0 Å². The summed E-state index contributed by atoms with van der Waals surface area (Å²) in [6.45, 7) is 0. The molecule has 118 valence electrons. The van der Waals surface area contributed by atoms with E-state index in [4.69, 9.17) is 4.74 Å². The van der Waals surface area contributed by atoms with Gasteiger partial charge in [-0.2, -0.15) is 0 Å². The van der Waals surface area contributed by atoms with Crippen molar-refractivity contribution in [3.05, 3.63) is 63.7 Å². The Kier molecular flexibility index (Phi) is 4.70. The van der Waals surface area contributed by atoms with Crippen molar-refractivity contribution in [1.82, 2.24) is 0 Å². The molecular formula is C16H13NO6. The molecule has 7 heteroatoms. The van der Waals surface area contributed by atoms with E-state index in [9.17, 15) is 24.8 Å². The maximum absolute atomic E-state index is 12.2. The molecule has 0 spiro atoms. The van der Waals surface area contributed by atoms with Crippen LogP contribution in [0.3, 0.4) is 0 Å². The molecule has 0 saturated carbocycles. The van der Waals surface area contributed by atoms with E-state index in [-0.39, 0.29) is 22.6 Å². The number of nitro benzene ring substituents is 1. The van der Waals surface area contributed by atoms with Gasteiger partial charge in [-0.05, 0) is 24.3 Å². The largest absolute Gasteiger partial charge is 0.507 e. The van der Waals surface area contributed by atoms with E-state index >= 15 is 0 Å². The number of hydrogen-bond acceptors (Lipinski definition) is 6. The quantitative estimate of drug-likeness (QED) is 0.380. The van der Waals surface area contributed by atoms with Crippen LogP contribution in [0.15, 0.2) is 42.5 Å². The summed E-state index contributed by atoms with van der Waals surface area (Å²) in [6.07, 6.45) is -0.579. The molecule has 0 saturated heterocycles. The van der Waals surface area contributed by atoms with Crippen molar-refractivity contribution >= 4 is 17.3 Å². The van der Waals surface area contributed by atoms with Crippen molar-refractivity contribution in [3.63, 3.8) is 0 Å². The summed E-state index contributed by atoms with van der Waals surface area (Å²) in [5.74, 6) is -1.32. The van der Waals surface area contributed by atoms with Crippen LogP contribution in [0.2, 0.25) is 0 Å².